The van der Waals surface area contributed by atoms with Crippen molar-refractivity contribution in [2.75, 3.05) is 20.3 Å². The molecule has 1 aliphatic heterocycles. The second-order valence-electron chi connectivity index (χ2n) is 4.95. The van der Waals surface area contributed by atoms with Crippen molar-refractivity contribution < 1.29 is 9.15 Å². The molecule has 0 amide bonds. The van der Waals surface area contributed by atoms with Crippen LogP contribution in [0.1, 0.15) is 23.1 Å². The largest absolute Gasteiger partial charge is 0.468 e. The van der Waals surface area contributed by atoms with Crippen LogP contribution in [0.2, 0.25) is 0 Å². The number of ether oxygens (including phenoxy) is 1. The van der Waals surface area contributed by atoms with Gasteiger partial charge in [-0.3, -0.25) is 9.58 Å². The lowest BCUT2D eigenvalue weighted by atomic mass is 10.00. The van der Waals surface area contributed by atoms with Crippen molar-refractivity contribution in [1.29, 1.82) is 0 Å². The molecule has 5 nitrogen and oxygen atoms in total. The number of nitrogens with zero attached hydrogens (tertiary/aromatic N) is 3. The van der Waals surface area contributed by atoms with Gasteiger partial charge in [0.05, 0.1) is 37.3 Å². The number of fused-ring (bicyclic) bond motifs is 1. The van der Waals surface area contributed by atoms with E-state index in [1.807, 2.05) is 30.1 Å². The van der Waals surface area contributed by atoms with Crippen LogP contribution in [0.15, 0.2) is 29.0 Å². The highest BCUT2D eigenvalue weighted by molar-refractivity contribution is 5.25. The minimum absolute atomic E-state index is 0.242. The molecule has 2 aromatic heterocycles. The van der Waals surface area contributed by atoms with Crippen molar-refractivity contribution >= 4 is 0 Å². The first-order chi connectivity index (χ1) is 9.29. The second kappa shape index (κ2) is 5.19. The van der Waals surface area contributed by atoms with Crippen LogP contribution >= 0.6 is 0 Å². The zero-order chi connectivity index (χ0) is 13.2. The average Bonchev–Trinajstić information content (AvgIpc) is 3.03. The Hall–Kier alpha value is -1.59. The summed E-state index contributed by atoms with van der Waals surface area (Å²) in [6.07, 6.45) is 4.73. The molecule has 5 heteroatoms. The summed E-state index contributed by atoms with van der Waals surface area (Å²) >= 11 is 0. The van der Waals surface area contributed by atoms with Gasteiger partial charge in [0.15, 0.2) is 0 Å². The molecule has 0 bridgehead atoms. The smallest absolute Gasteiger partial charge is 0.117 e. The van der Waals surface area contributed by atoms with Crippen molar-refractivity contribution in [2.45, 2.75) is 19.0 Å². The number of rotatable bonds is 4. The zero-order valence-electron chi connectivity index (χ0n) is 11.4. The molecule has 0 unspecified atom stereocenters. The van der Waals surface area contributed by atoms with E-state index in [1.165, 1.54) is 11.3 Å². The van der Waals surface area contributed by atoms with Gasteiger partial charge in [0.2, 0.25) is 0 Å². The quantitative estimate of drug-likeness (QED) is 0.841. The van der Waals surface area contributed by atoms with Gasteiger partial charge in [0, 0.05) is 20.7 Å². The molecule has 2 aromatic rings. The van der Waals surface area contributed by atoms with E-state index in [2.05, 4.69) is 10.00 Å². The molecule has 0 fully saturated rings. The molecule has 0 spiro atoms. The normalized spacial score (nSPS) is 19.6. The summed E-state index contributed by atoms with van der Waals surface area (Å²) in [5.74, 6) is 0.992. The number of methoxy groups -OCH3 is 1. The summed E-state index contributed by atoms with van der Waals surface area (Å²) in [6, 6.07) is 4.19. The molecule has 1 aliphatic rings. The van der Waals surface area contributed by atoms with Gasteiger partial charge < -0.3 is 9.15 Å². The lowest BCUT2D eigenvalue weighted by Gasteiger charge is -2.35. The first kappa shape index (κ1) is 12.4. The molecule has 3 heterocycles. The summed E-state index contributed by atoms with van der Waals surface area (Å²) in [5, 5.41) is 4.37. The molecule has 0 N–H and O–H groups in total. The van der Waals surface area contributed by atoms with E-state index in [1.54, 1.807) is 13.4 Å². The number of hydrogen-bond acceptors (Lipinski definition) is 4. The van der Waals surface area contributed by atoms with Gasteiger partial charge in [0.1, 0.15) is 5.76 Å². The summed E-state index contributed by atoms with van der Waals surface area (Å²) in [6.45, 7) is 2.49. The minimum Gasteiger partial charge on any atom is -0.468 e. The Kier molecular flexibility index (Phi) is 3.40. The van der Waals surface area contributed by atoms with E-state index in [0.717, 1.165) is 25.3 Å². The SMILES string of the molecule is COC[C@H]1c2c(cnn2C)CCN1Cc1ccco1. The van der Waals surface area contributed by atoms with Gasteiger partial charge in [-0.15, -0.1) is 0 Å². The van der Waals surface area contributed by atoms with Crippen LogP contribution < -0.4 is 0 Å². The first-order valence-corrected chi connectivity index (χ1v) is 6.55. The third-order valence-corrected chi connectivity index (χ3v) is 3.75. The predicted molar refractivity (Wildman–Crippen MR) is 70.6 cm³/mol. The second-order valence-corrected chi connectivity index (χ2v) is 4.95. The van der Waals surface area contributed by atoms with Crippen LogP contribution in [-0.2, 0) is 24.8 Å². The first-order valence-electron chi connectivity index (χ1n) is 6.55. The topological polar surface area (TPSA) is 43.4 Å². The summed E-state index contributed by atoms with van der Waals surface area (Å²) in [7, 11) is 3.74. The zero-order valence-corrected chi connectivity index (χ0v) is 11.4. The maximum Gasteiger partial charge on any atom is 0.117 e. The van der Waals surface area contributed by atoms with Crippen LogP contribution in [0.5, 0.6) is 0 Å². The number of furan rings is 1. The Morgan fingerprint density at radius 2 is 2.42 bits per heavy atom. The maximum atomic E-state index is 5.46. The van der Waals surface area contributed by atoms with E-state index < -0.39 is 0 Å². The van der Waals surface area contributed by atoms with Crippen LogP contribution in [0.25, 0.3) is 0 Å². The Morgan fingerprint density at radius 3 is 3.16 bits per heavy atom. The fourth-order valence-electron chi connectivity index (χ4n) is 2.84. The number of aromatic nitrogens is 2. The summed E-state index contributed by atoms with van der Waals surface area (Å²) < 4.78 is 12.8. The van der Waals surface area contributed by atoms with E-state index in [-0.39, 0.29) is 6.04 Å². The standard InChI is InChI=1S/C14H19N3O2/c1-16-14-11(8-15-16)5-6-17(13(14)10-18-2)9-12-4-3-7-19-12/h3-4,7-8,13H,5-6,9-10H2,1-2H3/t13-/m0/s1. The Bertz CT molecular complexity index is 533. The molecule has 0 saturated carbocycles. The lowest BCUT2D eigenvalue weighted by Crippen LogP contribution is -2.38. The Labute approximate surface area is 112 Å². The third-order valence-electron chi connectivity index (χ3n) is 3.75. The molecule has 0 aromatic carbocycles. The van der Waals surface area contributed by atoms with E-state index in [0.29, 0.717) is 6.61 Å². The molecular formula is C14H19N3O2. The van der Waals surface area contributed by atoms with Crippen molar-refractivity contribution in [1.82, 2.24) is 14.7 Å². The van der Waals surface area contributed by atoms with E-state index in [9.17, 15) is 0 Å². The molecule has 0 aliphatic carbocycles. The van der Waals surface area contributed by atoms with Crippen molar-refractivity contribution in [3.63, 3.8) is 0 Å². The van der Waals surface area contributed by atoms with Gasteiger partial charge in [0.25, 0.3) is 0 Å². The Balaban J connectivity index is 1.87. The van der Waals surface area contributed by atoms with Gasteiger partial charge >= 0.3 is 0 Å². The monoisotopic (exact) mass is 261 g/mol. The highest BCUT2D eigenvalue weighted by Crippen LogP contribution is 2.30. The molecule has 1 atom stereocenters. The van der Waals surface area contributed by atoms with Crippen LogP contribution in [0.4, 0.5) is 0 Å². The molecule has 0 radical (unpaired) electrons. The number of aryl methyl sites for hydroxylation is 1. The van der Waals surface area contributed by atoms with Crippen LogP contribution in [-0.4, -0.2) is 34.9 Å². The van der Waals surface area contributed by atoms with Crippen LogP contribution in [0.3, 0.4) is 0 Å². The van der Waals surface area contributed by atoms with E-state index >= 15 is 0 Å². The molecule has 19 heavy (non-hydrogen) atoms. The van der Waals surface area contributed by atoms with Crippen molar-refractivity contribution in [3.8, 4) is 0 Å². The lowest BCUT2D eigenvalue weighted by molar-refractivity contribution is 0.0689. The van der Waals surface area contributed by atoms with Gasteiger partial charge in [-0.2, -0.15) is 5.10 Å². The predicted octanol–water partition coefficient (Wildman–Crippen LogP) is 1.76. The fraction of sp³-hybridized carbons (Fsp3) is 0.500. The average molecular weight is 261 g/mol. The van der Waals surface area contributed by atoms with Gasteiger partial charge in [-0.1, -0.05) is 0 Å². The number of hydrogen-bond donors (Lipinski definition) is 0. The van der Waals surface area contributed by atoms with Crippen molar-refractivity contribution in [3.05, 3.63) is 41.6 Å². The molecule has 102 valence electrons. The van der Waals surface area contributed by atoms with Gasteiger partial charge in [-0.05, 0) is 24.1 Å². The highest BCUT2D eigenvalue weighted by Gasteiger charge is 2.30. The summed E-state index contributed by atoms with van der Waals surface area (Å²) in [4.78, 5) is 2.40. The van der Waals surface area contributed by atoms with Gasteiger partial charge in [-0.25, -0.2) is 0 Å². The Morgan fingerprint density at radius 1 is 1.53 bits per heavy atom. The maximum absolute atomic E-state index is 5.46. The minimum atomic E-state index is 0.242. The molecular weight excluding hydrogens is 242 g/mol. The van der Waals surface area contributed by atoms with E-state index in [4.69, 9.17) is 9.15 Å². The highest BCUT2D eigenvalue weighted by atomic mass is 16.5. The molecule has 3 rings (SSSR count). The van der Waals surface area contributed by atoms with Crippen LogP contribution in [0, 0.1) is 0 Å². The summed E-state index contributed by atoms with van der Waals surface area (Å²) in [5.41, 5.74) is 2.60. The fourth-order valence-corrected chi connectivity index (χ4v) is 2.84. The molecule has 0 saturated heterocycles. The third kappa shape index (κ3) is 2.31. The van der Waals surface area contributed by atoms with Crippen molar-refractivity contribution in [2.24, 2.45) is 7.05 Å².